The summed E-state index contributed by atoms with van der Waals surface area (Å²) in [5, 5.41) is 14.3. The first-order valence-electron chi connectivity index (χ1n) is 7.66. The lowest BCUT2D eigenvalue weighted by atomic mass is 9.97. The molecular formula is C17H21Cl2F3N2O. The van der Waals surface area contributed by atoms with Crippen LogP contribution in [-0.4, -0.2) is 42.4 Å². The number of hydrogen-bond acceptors (Lipinski definition) is 3. The van der Waals surface area contributed by atoms with Crippen LogP contribution in [0, 0.1) is 0 Å². The van der Waals surface area contributed by atoms with Crippen molar-refractivity contribution < 1.29 is 18.3 Å². The lowest BCUT2D eigenvalue weighted by molar-refractivity contribution is -0.148. The highest BCUT2D eigenvalue weighted by atomic mass is 35.5. The minimum Gasteiger partial charge on any atom is -0.508 e. The van der Waals surface area contributed by atoms with E-state index >= 15 is 0 Å². The summed E-state index contributed by atoms with van der Waals surface area (Å²) in [6, 6.07) is 9.54. The highest BCUT2D eigenvalue weighted by Gasteiger charge is 2.35. The Labute approximate surface area is 157 Å². The fourth-order valence-electron chi connectivity index (χ4n) is 3.13. The van der Waals surface area contributed by atoms with Gasteiger partial charge in [0.2, 0.25) is 0 Å². The van der Waals surface area contributed by atoms with Gasteiger partial charge in [-0.2, -0.15) is 13.2 Å². The zero-order chi connectivity index (χ0) is 16.4. The molecule has 0 aromatic heterocycles. The summed E-state index contributed by atoms with van der Waals surface area (Å²) in [4.78, 5) is 1.89. The van der Waals surface area contributed by atoms with Gasteiger partial charge in [0, 0.05) is 32.2 Å². The van der Waals surface area contributed by atoms with Gasteiger partial charge >= 0.3 is 6.18 Å². The van der Waals surface area contributed by atoms with Crippen molar-refractivity contribution in [1.29, 1.82) is 0 Å². The molecule has 0 spiro atoms. The molecule has 140 valence electrons. The van der Waals surface area contributed by atoms with Crippen molar-refractivity contribution in [2.45, 2.75) is 18.6 Å². The third kappa shape index (κ3) is 5.64. The molecule has 1 saturated heterocycles. The van der Waals surface area contributed by atoms with Crippen LogP contribution >= 0.6 is 24.8 Å². The molecule has 0 saturated carbocycles. The Morgan fingerprint density at radius 1 is 1.00 bits per heavy atom. The number of benzene rings is 2. The summed E-state index contributed by atoms with van der Waals surface area (Å²) < 4.78 is 39.1. The second kappa shape index (κ2) is 8.94. The van der Waals surface area contributed by atoms with E-state index in [1.54, 1.807) is 36.4 Å². The Kier molecular flexibility index (Phi) is 7.81. The van der Waals surface area contributed by atoms with E-state index in [-0.39, 0.29) is 30.6 Å². The summed E-state index contributed by atoms with van der Waals surface area (Å²) >= 11 is 0. The molecule has 3 rings (SSSR count). The first-order valence-corrected chi connectivity index (χ1v) is 7.66. The number of aromatic hydroxyl groups is 1. The van der Waals surface area contributed by atoms with E-state index < -0.39 is 18.6 Å². The van der Waals surface area contributed by atoms with Crippen LogP contribution in [0.15, 0.2) is 36.4 Å². The first-order chi connectivity index (χ1) is 10.9. The molecule has 0 radical (unpaired) electrons. The molecule has 0 bridgehead atoms. The molecule has 2 aromatic rings. The van der Waals surface area contributed by atoms with Gasteiger partial charge in [-0.05, 0) is 34.5 Å². The van der Waals surface area contributed by atoms with Crippen LogP contribution in [0.1, 0.15) is 18.0 Å². The number of nitrogens with zero attached hydrogens (tertiary/aromatic N) is 1. The second-order valence-corrected chi connectivity index (χ2v) is 5.91. The van der Waals surface area contributed by atoms with Crippen molar-refractivity contribution in [3.05, 3.63) is 42.0 Å². The van der Waals surface area contributed by atoms with Gasteiger partial charge in [-0.15, -0.1) is 24.8 Å². The number of hydrogen-bond donors (Lipinski definition) is 2. The topological polar surface area (TPSA) is 35.5 Å². The van der Waals surface area contributed by atoms with Crippen molar-refractivity contribution >= 4 is 35.6 Å². The van der Waals surface area contributed by atoms with Crippen LogP contribution in [0.5, 0.6) is 5.75 Å². The van der Waals surface area contributed by atoms with Crippen LogP contribution < -0.4 is 5.32 Å². The van der Waals surface area contributed by atoms with Crippen molar-refractivity contribution in [2.75, 3.05) is 26.2 Å². The molecule has 1 atom stereocenters. The van der Waals surface area contributed by atoms with Crippen LogP contribution in [0.2, 0.25) is 0 Å². The van der Waals surface area contributed by atoms with Gasteiger partial charge in [0.05, 0.1) is 6.42 Å². The molecule has 1 heterocycles. The Morgan fingerprint density at radius 2 is 1.60 bits per heavy atom. The smallest absolute Gasteiger partial charge is 0.390 e. The molecule has 25 heavy (non-hydrogen) atoms. The van der Waals surface area contributed by atoms with Crippen LogP contribution in [0.4, 0.5) is 13.2 Å². The van der Waals surface area contributed by atoms with Crippen molar-refractivity contribution in [3.63, 3.8) is 0 Å². The molecule has 2 aromatic carbocycles. The number of piperazine rings is 1. The van der Waals surface area contributed by atoms with E-state index in [1.807, 2.05) is 4.90 Å². The molecule has 2 N–H and O–H groups in total. The van der Waals surface area contributed by atoms with Gasteiger partial charge in [-0.3, -0.25) is 4.90 Å². The molecule has 1 aliphatic heterocycles. The van der Waals surface area contributed by atoms with Gasteiger partial charge < -0.3 is 10.4 Å². The average Bonchev–Trinajstić information content (AvgIpc) is 2.52. The van der Waals surface area contributed by atoms with E-state index in [0.29, 0.717) is 31.7 Å². The third-order valence-corrected chi connectivity index (χ3v) is 4.25. The Morgan fingerprint density at radius 3 is 2.24 bits per heavy atom. The summed E-state index contributed by atoms with van der Waals surface area (Å²) in [6.45, 7) is 2.62. The third-order valence-electron chi connectivity index (χ3n) is 4.25. The highest BCUT2D eigenvalue weighted by molar-refractivity contribution is 5.86. The Hall–Kier alpha value is -1.21. The van der Waals surface area contributed by atoms with Crippen molar-refractivity contribution in [1.82, 2.24) is 10.2 Å². The number of halogens is 5. The predicted molar refractivity (Wildman–Crippen MR) is 98.0 cm³/mol. The minimum atomic E-state index is -4.21. The van der Waals surface area contributed by atoms with E-state index in [4.69, 9.17) is 0 Å². The number of alkyl halides is 3. The number of phenols is 1. The van der Waals surface area contributed by atoms with Gasteiger partial charge in [0.25, 0.3) is 0 Å². The molecule has 8 heteroatoms. The summed E-state index contributed by atoms with van der Waals surface area (Å²) in [5.74, 6) is 0.152. The maximum absolute atomic E-state index is 13.0. The number of nitrogens with one attached hydrogen (secondary N) is 1. The van der Waals surface area contributed by atoms with Crippen LogP contribution in [0.3, 0.4) is 0 Å². The van der Waals surface area contributed by atoms with Crippen LogP contribution in [0.25, 0.3) is 10.8 Å². The maximum atomic E-state index is 13.0. The second-order valence-electron chi connectivity index (χ2n) is 5.91. The molecule has 0 unspecified atom stereocenters. The fraction of sp³-hybridized carbons (Fsp3) is 0.412. The standard InChI is InChI=1S/C17H19F3N2O.2ClH/c18-17(19,20)11-16(22-7-5-21-6-8-22)14-2-1-13-10-15(23)4-3-12(13)9-14;;/h1-4,9-10,16,21,23H,5-8,11H2;2*1H/t16-;;/m0../s1. The van der Waals surface area contributed by atoms with E-state index in [0.717, 1.165) is 10.8 Å². The van der Waals surface area contributed by atoms with E-state index in [2.05, 4.69) is 5.32 Å². The predicted octanol–water partition coefficient (Wildman–Crippen LogP) is 4.29. The van der Waals surface area contributed by atoms with E-state index in [9.17, 15) is 18.3 Å². The van der Waals surface area contributed by atoms with E-state index in [1.165, 1.54) is 0 Å². The molecule has 0 aliphatic carbocycles. The van der Waals surface area contributed by atoms with Crippen molar-refractivity contribution in [3.8, 4) is 5.75 Å². The molecule has 1 fully saturated rings. The average molecular weight is 397 g/mol. The van der Waals surface area contributed by atoms with Gasteiger partial charge in [-0.1, -0.05) is 18.2 Å². The minimum absolute atomic E-state index is 0. The zero-order valence-electron chi connectivity index (χ0n) is 13.4. The summed E-state index contributed by atoms with van der Waals surface area (Å²) in [6.07, 6.45) is -5.06. The number of fused-ring (bicyclic) bond motifs is 1. The lowest BCUT2D eigenvalue weighted by Gasteiger charge is -2.35. The zero-order valence-corrected chi connectivity index (χ0v) is 15.1. The normalized spacial score (nSPS) is 16.8. The molecule has 3 nitrogen and oxygen atoms in total. The monoisotopic (exact) mass is 396 g/mol. The van der Waals surface area contributed by atoms with Crippen molar-refractivity contribution in [2.24, 2.45) is 0 Å². The van der Waals surface area contributed by atoms with Gasteiger partial charge in [0.1, 0.15) is 5.75 Å². The fourth-order valence-corrected chi connectivity index (χ4v) is 3.13. The number of phenolic OH excluding ortho intramolecular Hbond substituents is 1. The van der Waals surface area contributed by atoms with Gasteiger partial charge in [-0.25, -0.2) is 0 Å². The Balaban J connectivity index is 0.00000156. The summed E-state index contributed by atoms with van der Waals surface area (Å²) in [5.41, 5.74) is 0.669. The quantitative estimate of drug-likeness (QED) is 0.812. The number of rotatable bonds is 3. The highest BCUT2D eigenvalue weighted by Crippen LogP contribution is 2.35. The maximum Gasteiger partial charge on any atom is 0.390 e. The molecule has 1 aliphatic rings. The largest absolute Gasteiger partial charge is 0.508 e. The molecule has 0 amide bonds. The Bertz CT molecular complexity index is 691. The van der Waals surface area contributed by atoms with Crippen LogP contribution in [-0.2, 0) is 0 Å². The van der Waals surface area contributed by atoms with Gasteiger partial charge in [0.15, 0.2) is 0 Å². The lowest BCUT2D eigenvalue weighted by Crippen LogP contribution is -2.46. The first kappa shape index (κ1) is 21.8. The summed E-state index contributed by atoms with van der Waals surface area (Å²) in [7, 11) is 0. The SMILES string of the molecule is Cl.Cl.Oc1ccc2cc([C@H](CC(F)(F)F)N3CCNCC3)ccc2c1. The molecular weight excluding hydrogens is 376 g/mol.